The zero-order valence-electron chi connectivity index (χ0n) is 12.0. The van der Waals surface area contributed by atoms with Gasteiger partial charge in [0.05, 0.1) is 19.3 Å². The Hall–Kier alpha value is -1.17. The number of anilines is 1. The fourth-order valence-corrected chi connectivity index (χ4v) is 1.50. The lowest BCUT2D eigenvalue weighted by molar-refractivity contribution is -0.127. The zero-order valence-corrected chi connectivity index (χ0v) is 13.6. The quantitative estimate of drug-likeness (QED) is 0.800. The molecule has 20 heavy (non-hydrogen) atoms. The van der Waals surface area contributed by atoms with Gasteiger partial charge in [0, 0.05) is 20.1 Å². The average Bonchev–Trinajstić information content (AvgIpc) is 2.42. The van der Waals surface area contributed by atoms with E-state index in [2.05, 4.69) is 10.6 Å². The highest BCUT2D eigenvalue weighted by Crippen LogP contribution is 2.22. The third-order valence-corrected chi connectivity index (χ3v) is 2.66. The molecule has 5 nitrogen and oxygen atoms in total. The van der Waals surface area contributed by atoms with Gasteiger partial charge in [-0.25, -0.2) is 0 Å². The van der Waals surface area contributed by atoms with E-state index < -0.39 is 0 Å². The maximum atomic E-state index is 11.8. The Morgan fingerprint density at radius 3 is 2.55 bits per heavy atom. The summed E-state index contributed by atoms with van der Waals surface area (Å²) in [4.78, 5) is 13.5. The molecule has 0 atom stereocenters. The second-order valence-electron chi connectivity index (χ2n) is 3.97. The molecular formula is C13H23Cl2N3O2. The van der Waals surface area contributed by atoms with Gasteiger partial charge < -0.3 is 20.3 Å². The monoisotopic (exact) mass is 323 g/mol. The van der Waals surface area contributed by atoms with Gasteiger partial charge in [-0.05, 0) is 19.2 Å². The number of methoxy groups -OCH3 is 1. The molecule has 0 aromatic heterocycles. The van der Waals surface area contributed by atoms with Crippen LogP contribution in [-0.4, -0.2) is 51.6 Å². The minimum Gasteiger partial charge on any atom is -0.495 e. The Bertz CT molecular complexity index is 392. The Morgan fingerprint density at radius 2 is 1.95 bits per heavy atom. The van der Waals surface area contributed by atoms with Crippen molar-refractivity contribution in [3.05, 3.63) is 24.3 Å². The van der Waals surface area contributed by atoms with Crippen molar-refractivity contribution >= 4 is 36.4 Å². The molecule has 116 valence electrons. The number of carbonyl (C=O) groups is 1. The number of carbonyl (C=O) groups excluding carboxylic acids is 1. The van der Waals surface area contributed by atoms with Crippen LogP contribution in [-0.2, 0) is 4.79 Å². The van der Waals surface area contributed by atoms with E-state index in [1.54, 1.807) is 19.1 Å². The summed E-state index contributed by atoms with van der Waals surface area (Å²) >= 11 is 0. The van der Waals surface area contributed by atoms with Crippen LogP contribution in [0.1, 0.15) is 0 Å². The fourth-order valence-electron chi connectivity index (χ4n) is 1.50. The number of ether oxygens (including phenoxy) is 1. The number of halogens is 2. The van der Waals surface area contributed by atoms with Crippen molar-refractivity contribution in [3.63, 3.8) is 0 Å². The summed E-state index contributed by atoms with van der Waals surface area (Å²) in [6, 6.07) is 7.54. The maximum Gasteiger partial charge on any atom is 0.241 e. The van der Waals surface area contributed by atoms with Crippen LogP contribution >= 0.6 is 24.8 Å². The van der Waals surface area contributed by atoms with Crippen LogP contribution in [0.4, 0.5) is 5.69 Å². The van der Waals surface area contributed by atoms with Crippen molar-refractivity contribution in [1.82, 2.24) is 10.2 Å². The van der Waals surface area contributed by atoms with E-state index in [4.69, 9.17) is 4.74 Å². The smallest absolute Gasteiger partial charge is 0.241 e. The standard InChI is InChI=1S/C13H21N3O2.2ClH/c1-14-8-9-16(2)13(17)10-15-11-6-4-5-7-12(11)18-3;;/h4-7,14-15H,8-10H2,1-3H3;2*1H. The van der Waals surface area contributed by atoms with E-state index in [0.29, 0.717) is 6.54 Å². The molecule has 0 saturated heterocycles. The van der Waals surface area contributed by atoms with Gasteiger partial charge in [0.25, 0.3) is 0 Å². The molecule has 0 fully saturated rings. The lowest BCUT2D eigenvalue weighted by atomic mass is 10.3. The molecule has 2 N–H and O–H groups in total. The van der Waals surface area contributed by atoms with Crippen molar-refractivity contribution in [3.8, 4) is 5.75 Å². The van der Waals surface area contributed by atoms with Crippen LogP contribution in [0.5, 0.6) is 5.75 Å². The van der Waals surface area contributed by atoms with Crippen LogP contribution in [0.25, 0.3) is 0 Å². The minimum atomic E-state index is 0. The topological polar surface area (TPSA) is 53.6 Å². The molecule has 0 spiro atoms. The Balaban J connectivity index is 0. The largest absolute Gasteiger partial charge is 0.495 e. The zero-order chi connectivity index (χ0) is 13.4. The first-order chi connectivity index (χ1) is 8.69. The van der Waals surface area contributed by atoms with E-state index in [1.165, 1.54) is 0 Å². The number of benzene rings is 1. The van der Waals surface area contributed by atoms with E-state index in [9.17, 15) is 4.79 Å². The van der Waals surface area contributed by atoms with Gasteiger partial charge in [-0.3, -0.25) is 4.79 Å². The van der Waals surface area contributed by atoms with Crippen molar-refractivity contribution in [2.75, 3.05) is 46.2 Å². The number of rotatable bonds is 7. The summed E-state index contributed by atoms with van der Waals surface area (Å²) in [5.74, 6) is 0.791. The van der Waals surface area contributed by atoms with Crippen LogP contribution in [0.3, 0.4) is 0 Å². The molecule has 0 bridgehead atoms. The Labute approximate surface area is 132 Å². The average molecular weight is 324 g/mol. The summed E-state index contributed by atoms with van der Waals surface area (Å²) < 4.78 is 5.21. The van der Waals surface area contributed by atoms with Crippen molar-refractivity contribution in [2.45, 2.75) is 0 Å². The van der Waals surface area contributed by atoms with Crippen molar-refractivity contribution < 1.29 is 9.53 Å². The molecule has 0 radical (unpaired) electrons. The molecule has 0 aliphatic carbocycles. The third kappa shape index (κ3) is 6.84. The predicted molar refractivity (Wildman–Crippen MR) is 87.5 cm³/mol. The Morgan fingerprint density at radius 1 is 1.30 bits per heavy atom. The van der Waals surface area contributed by atoms with E-state index in [0.717, 1.165) is 18.0 Å². The molecule has 0 unspecified atom stereocenters. The van der Waals surface area contributed by atoms with Crippen molar-refractivity contribution in [1.29, 1.82) is 0 Å². The SMILES string of the molecule is CNCCN(C)C(=O)CNc1ccccc1OC.Cl.Cl. The van der Waals surface area contributed by atoms with Gasteiger partial charge in [0.2, 0.25) is 5.91 Å². The highest BCUT2D eigenvalue weighted by molar-refractivity contribution is 5.85. The number of likely N-dealkylation sites (N-methyl/N-ethyl adjacent to an activating group) is 2. The van der Waals surface area contributed by atoms with Crippen LogP contribution < -0.4 is 15.4 Å². The summed E-state index contributed by atoms with van der Waals surface area (Å²) in [5, 5.41) is 6.10. The first kappa shape index (κ1) is 21.1. The normalized spacial score (nSPS) is 8.95. The summed E-state index contributed by atoms with van der Waals surface area (Å²) in [6.07, 6.45) is 0. The molecule has 7 heteroatoms. The molecule has 0 aliphatic heterocycles. The van der Waals surface area contributed by atoms with Crippen LogP contribution in [0.2, 0.25) is 0 Å². The first-order valence-corrected chi connectivity index (χ1v) is 5.94. The lowest BCUT2D eigenvalue weighted by Gasteiger charge is -2.18. The minimum absolute atomic E-state index is 0. The number of nitrogens with one attached hydrogen (secondary N) is 2. The summed E-state index contributed by atoms with van der Waals surface area (Å²) in [7, 11) is 5.27. The van der Waals surface area contributed by atoms with E-state index in [-0.39, 0.29) is 37.3 Å². The molecule has 1 aromatic carbocycles. The van der Waals surface area contributed by atoms with Gasteiger partial charge in [-0.2, -0.15) is 0 Å². The molecule has 0 saturated carbocycles. The fraction of sp³-hybridized carbons (Fsp3) is 0.462. The summed E-state index contributed by atoms with van der Waals surface area (Å²) in [6.45, 7) is 1.75. The van der Waals surface area contributed by atoms with E-state index >= 15 is 0 Å². The van der Waals surface area contributed by atoms with Crippen molar-refractivity contribution in [2.24, 2.45) is 0 Å². The maximum absolute atomic E-state index is 11.8. The first-order valence-electron chi connectivity index (χ1n) is 5.94. The Kier molecular flexibility index (Phi) is 12.3. The van der Waals surface area contributed by atoms with Gasteiger partial charge >= 0.3 is 0 Å². The summed E-state index contributed by atoms with van der Waals surface area (Å²) in [5.41, 5.74) is 0.829. The lowest BCUT2D eigenvalue weighted by Crippen LogP contribution is -2.36. The molecule has 0 aliphatic rings. The van der Waals surface area contributed by atoms with Crippen LogP contribution in [0.15, 0.2) is 24.3 Å². The highest BCUT2D eigenvalue weighted by atomic mass is 35.5. The number of para-hydroxylation sites is 2. The molecular weight excluding hydrogens is 301 g/mol. The van der Waals surface area contributed by atoms with Gasteiger partial charge in [0.1, 0.15) is 5.75 Å². The van der Waals surface area contributed by atoms with E-state index in [1.807, 2.05) is 31.3 Å². The molecule has 1 amide bonds. The van der Waals surface area contributed by atoms with Gasteiger partial charge in [0.15, 0.2) is 0 Å². The van der Waals surface area contributed by atoms with Gasteiger partial charge in [-0.15, -0.1) is 24.8 Å². The third-order valence-electron chi connectivity index (χ3n) is 2.66. The highest BCUT2D eigenvalue weighted by Gasteiger charge is 2.08. The number of amides is 1. The number of hydrogen-bond acceptors (Lipinski definition) is 4. The second kappa shape index (κ2) is 11.6. The number of nitrogens with zero attached hydrogens (tertiary/aromatic N) is 1. The predicted octanol–water partition coefficient (Wildman–Crippen LogP) is 1.63. The second-order valence-corrected chi connectivity index (χ2v) is 3.97. The molecule has 1 rings (SSSR count). The van der Waals surface area contributed by atoms with Gasteiger partial charge in [-0.1, -0.05) is 12.1 Å². The molecule has 1 aromatic rings. The molecule has 0 heterocycles. The van der Waals surface area contributed by atoms with Crippen LogP contribution in [0, 0.1) is 0 Å². The number of hydrogen-bond donors (Lipinski definition) is 2.